The first-order chi connectivity index (χ1) is 9.13. The molecule has 1 heterocycles. The number of pyridine rings is 1. The Morgan fingerprint density at radius 2 is 2.37 bits per heavy atom. The molecule has 2 rings (SSSR count). The average molecular weight is 324 g/mol. The zero-order chi connectivity index (χ0) is 13.8. The maximum Gasteiger partial charge on any atom is 0.302 e. The van der Waals surface area contributed by atoms with Crippen LogP contribution in [0.2, 0.25) is 0 Å². The smallest absolute Gasteiger partial charge is 0.302 e. The van der Waals surface area contributed by atoms with E-state index in [2.05, 4.69) is 20.9 Å². The minimum Gasteiger partial charge on any atom is -0.466 e. The highest BCUT2D eigenvalue weighted by Crippen LogP contribution is 2.37. The van der Waals surface area contributed by atoms with Crippen LogP contribution >= 0.6 is 15.9 Å². The van der Waals surface area contributed by atoms with Crippen molar-refractivity contribution in [2.45, 2.75) is 26.2 Å². The lowest BCUT2D eigenvalue weighted by Crippen LogP contribution is -2.17. The number of hydrogen-bond acceptors (Lipinski definition) is 4. The summed E-state index contributed by atoms with van der Waals surface area (Å²) in [6, 6.07) is 0. The molecular formula is C14H14BrNO3. The number of hydrogen-bond donors (Lipinski definition) is 0. The highest BCUT2D eigenvalue weighted by molar-refractivity contribution is 9.10. The number of esters is 1. The lowest BCUT2D eigenvalue weighted by Gasteiger charge is -2.25. The van der Waals surface area contributed by atoms with Gasteiger partial charge in [-0.15, -0.1) is 0 Å². The van der Waals surface area contributed by atoms with Crippen molar-refractivity contribution in [3.8, 4) is 0 Å². The molecule has 1 aliphatic rings. The summed E-state index contributed by atoms with van der Waals surface area (Å²) in [5, 5.41) is 0. The lowest BCUT2D eigenvalue weighted by molar-refractivity contribution is -0.141. The van der Waals surface area contributed by atoms with Crippen molar-refractivity contribution in [3.05, 3.63) is 28.0 Å². The van der Waals surface area contributed by atoms with E-state index in [0.717, 1.165) is 28.4 Å². The molecule has 0 saturated carbocycles. The van der Waals surface area contributed by atoms with Crippen molar-refractivity contribution in [1.82, 2.24) is 4.98 Å². The maximum absolute atomic E-state index is 11.2. The Balaban J connectivity index is 2.18. The number of carbonyl (C=O) groups excluding carboxylic acids is 2. The molecule has 100 valence electrons. The molecule has 0 amide bonds. The molecule has 1 unspecified atom stereocenters. The van der Waals surface area contributed by atoms with E-state index >= 15 is 0 Å². The third-order valence-electron chi connectivity index (χ3n) is 3.33. The molecule has 0 saturated heterocycles. The van der Waals surface area contributed by atoms with E-state index in [9.17, 15) is 9.59 Å². The van der Waals surface area contributed by atoms with Gasteiger partial charge in [-0.2, -0.15) is 0 Å². The van der Waals surface area contributed by atoms with Crippen LogP contribution in [0.25, 0.3) is 5.57 Å². The molecule has 0 aliphatic heterocycles. The van der Waals surface area contributed by atoms with Gasteiger partial charge in [-0.05, 0) is 46.7 Å². The normalized spacial score (nSPS) is 17.6. The number of ether oxygens (including phenoxy) is 1. The van der Waals surface area contributed by atoms with Gasteiger partial charge in [0.2, 0.25) is 0 Å². The van der Waals surface area contributed by atoms with Crippen LogP contribution in [-0.2, 0) is 20.7 Å². The maximum atomic E-state index is 11.2. The number of carbonyl (C=O) groups is 1. The van der Waals surface area contributed by atoms with Crippen LogP contribution in [0.5, 0.6) is 0 Å². The zero-order valence-corrected chi connectivity index (χ0v) is 12.2. The molecule has 1 aromatic rings. The number of nitrogens with zero attached hydrogens (tertiary/aromatic N) is 1. The van der Waals surface area contributed by atoms with Gasteiger partial charge < -0.3 is 4.74 Å². The predicted molar refractivity (Wildman–Crippen MR) is 74.1 cm³/mol. The zero-order valence-electron chi connectivity index (χ0n) is 10.6. The molecule has 4 nitrogen and oxygen atoms in total. The van der Waals surface area contributed by atoms with Crippen molar-refractivity contribution < 1.29 is 14.3 Å². The van der Waals surface area contributed by atoms with E-state index in [1.165, 1.54) is 6.92 Å². The minimum absolute atomic E-state index is 0.0837. The minimum atomic E-state index is -0.294. The van der Waals surface area contributed by atoms with Gasteiger partial charge in [0.25, 0.3) is 0 Å². The van der Waals surface area contributed by atoms with Crippen LogP contribution in [0.3, 0.4) is 0 Å². The van der Waals surface area contributed by atoms with Crippen LogP contribution in [0.1, 0.15) is 30.9 Å². The fourth-order valence-electron chi connectivity index (χ4n) is 2.40. The number of allylic oxidation sites excluding steroid dienone is 1. The summed E-state index contributed by atoms with van der Waals surface area (Å²) in [4.78, 5) is 26.1. The van der Waals surface area contributed by atoms with Crippen LogP contribution in [0.4, 0.5) is 0 Å². The van der Waals surface area contributed by atoms with Crippen LogP contribution in [0, 0.1) is 5.92 Å². The van der Waals surface area contributed by atoms with E-state index in [0.29, 0.717) is 18.6 Å². The molecule has 1 aliphatic carbocycles. The molecule has 0 fully saturated rings. The van der Waals surface area contributed by atoms with Crippen molar-refractivity contribution in [2.75, 3.05) is 6.61 Å². The Hall–Kier alpha value is -1.45. The van der Waals surface area contributed by atoms with Gasteiger partial charge in [0, 0.05) is 34.9 Å². The van der Waals surface area contributed by atoms with Crippen molar-refractivity contribution in [2.24, 2.45) is 5.92 Å². The second-order valence-corrected chi connectivity index (χ2v) is 5.38. The lowest BCUT2D eigenvalue weighted by atomic mass is 9.79. The quantitative estimate of drug-likeness (QED) is 0.633. The molecule has 0 N–H and O–H groups in total. The van der Waals surface area contributed by atoms with Crippen molar-refractivity contribution >= 4 is 33.4 Å². The topological polar surface area (TPSA) is 56.3 Å². The average Bonchev–Trinajstić information content (AvgIpc) is 2.38. The number of fused-ring (bicyclic) bond motifs is 1. The van der Waals surface area contributed by atoms with E-state index in [1.807, 2.05) is 5.94 Å². The summed E-state index contributed by atoms with van der Waals surface area (Å²) < 4.78 is 5.87. The highest BCUT2D eigenvalue weighted by Gasteiger charge is 2.26. The molecule has 19 heavy (non-hydrogen) atoms. The second-order valence-electron chi connectivity index (χ2n) is 4.53. The summed E-state index contributed by atoms with van der Waals surface area (Å²) in [5.74, 6) is 1.83. The van der Waals surface area contributed by atoms with Gasteiger partial charge >= 0.3 is 5.97 Å². The molecular weight excluding hydrogens is 310 g/mol. The Kier molecular flexibility index (Phi) is 4.51. The highest BCUT2D eigenvalue weighted by atomic mass is 79.9. The fourth-order valence-corrected chi connectivity index (χ4v) is 2.93. The molecule has 1 atom stereocenters. The molecule has 1 aromatic heterocycles. The summed E-state index contributed by atoms with van der Waals surface area (Å²) >= 11 is 3.46. The Morgan fingerprint density at radius 3 is 3.05 bits per heavy atom. The summed E-state index contributed by atoms with van der Waals surface area (Å²) in [7, 11) is 0. The number of rotatable bonds is 3. The molecule has 0 aromatic carbocycles. The third-order valence-corrected chi connectivity index (χ3v) is 4.01. The van der Waals surface area contributed by atoms with E-state index in [-0.39, 0.29) is 11.9 Å². The van der Waals surface area contributed by atoms with Crippen molar-refractivity contribution in [3.63, 3.8) is 0 Å². The number of halogens is 1. The van der Waals surface area contributed by atoms with Gasteiger partial charge in [0.05, 0.1) is 6.61 Å². The monoisotopic (exact) mass is 323 g/mol. The van der Waals surface area contributed by atoms with Gasteiger partial charge in [-0.3, -0.25) is 9.78 Å². The van der Waals surface area contributed by atoms with E-state index < -0.39 is 0 Å². The first-order valence-corrected chi connectivity index (χ1v) is 6.94. The Morgan fingerprint density at radius 1 is 1.58 bits per heavy atom. The van der Waals surface area contributed by atoms with Gasteiger partial charge in [0.1, 0.15) is 5.94 Å². The largest absolute Gasteiger partial charge is 0.466 e. The van der Waals surface area contributed by atoms with E-state index in [4.69, 9.17) is 4.74 Å². The van der Waals surface area contributed by atoms with Crippen LogP contribution in [-0.4, -0.2) is 23.5 Å². The van der Waals surface area contributed by atoms with Gasteiger partial charge in [0.15, 0.2) is 0 Å². The molecule has 0 bridgehead atoms. The first-order valence-electron chi connectivity index (χ1n) is 6.14. The fraction of sp³-hybridized carbons (Fsp3) is 0.429. The Labute approximate surface area is 120 Å². The van der Waals surface area contributed by atoms with Crippen molar-refractivity contribution in [1.29, 1.82) is 0 Å². The Bertz CT molecular complexity index is 550. The van der Waals surface area contributed by atoms with Gasteiger partial charge in [-0.25, -0.2) is 4.79 Å². The third kappa shape index (κ3) is 3.11. The second kappa shape index (κ2) is 6.13. The summed E-state index contributed by atoms with van der Waals surface area (Å²) in [6.45, 7) is 1.72. The van der Waals surface area contributed by atoms with Crippen LogP contribution in [0.15, 0.2) is 16.9 Å². The summed E-state index contributed by atoms with van der Waals surface area (Å²) in [5.41, 5.74) is 2.61. The first kappa shape index (κ1) is 14.0. The standard InChI is InChI=1S/C14H14BrNO3/c1-9(18)19-5-4-10-2-3-11-12(13(10)8-17)6-16-7-14(11)15/h6-7,10H,2-5H2,1H3. The molecule has 5 heteroatoms. The predicted octanol–water partition coefficient (Wildman–Crippen LogP) is 2.57. The summed E-state index contributed by atoms with van der Waals surface area (Å²) in [6.07, 6.45) is 5.84. The van der Waals surface area contributed by atoms with Gasteiger partial charge in [-0.1, -0.05) is 0 Å². The van der Waals surface area contributed by atoms with Crippen LogP contribution < -0.4 is 0 Å². The molecule has 0 radical (unpaired) electrons. The SMILES string of the molecule is CC(=O)OCCC1CCc2c(Br)cncc2C1=C=O. The van der Waals surface area contributed by atoms with E-state index in [1.54, 1.807) is 12.4 Å². The molecule has 0 spiro atoms. The number of aromatic nitrogens is 1.